The molecule has 0 amide bonds. The number of aromatic nitrogens is 2. The first-order valence-electron chi connectivity index (χ1n) is 15.5. The van der Waals surface area contributed by atoms with Crippen molar-refractivity contribution in [3.63, 3.8) is 0 Å². The smallest absolute Gasteiger partial charge is 0.101 e. The number of nitriles is 2. The zero-order valence-corrected chi connectivity index (χ0v) is 25.7. The first-order chi connectivity index (χ1) is 23.2. The van der Waals surface area contributed by atoms with E-state index in [1.165, 1.54) is 20.2 Å². The number of benzene rings is 7. The van der Waals surface area contributed by atoms with E-state index < -0.39 is 0 Å². The van der Waals surface area contributed by atoms with E-state index in [2.05, 4.69) is 130 Å². The van der Waals surface area contributed by atoms with E-state index >= 15 is 0 Å². The maximum absolute atomic E-state index is 10.7. The summed E-state index contributed by atoms with van der Waals surface area (Å²) in [6.45, 7) is 0. The molecule has 0 unspecified atom stereocenters. The molecule has 5 heteroatoms. The van der Waals surface area contributed by atoms with Crippen molar-refractivity contribution in [2.24, 2.45) is 0 Å². The summed E-state index contributed by atoms with van der Waals surface area (Å²) in [5.74, 6) is 0. The van der Waals surface area contributed by atoms with E-state index in [-0.39, 0.29) is 0 Å². The Morgan fingerprint density at radius 2 is 0.957 bits per heavy atom. The van der Waals surface area contributed by atoms with Crippen molar-refractivity contribution >= 4 is 85.9 Å². The molecular formula is C42H22N4S. The van der Waals surface area contributed by atoms with E-state index in [0.717, 1.165) is 54.4 Å². The molecule has 0 aliphatic rings. The third kappa shape index (κ3) is 3.44. The van der Waals surface area contributed by atoms with Crippen LogP contribution in [0.15, 0.2) is 133 Å². The minimum absolute atomic E-state index is 0.503. The molecule has 0 spiro atoms. The fraction of sp³-hybridized carbons (Fsp3) is 0. The Balaban J connectivity index is 1.32. The van der Waals surface area contributed by atoms with Gasteiger partial charge in [0, 0.05) is 41.7 Å². The van der Waals surface area contributed by atoms with Crippen LogP contribution in [0.1, 0.15) is 11.1 Å². The first-order valence-corrected chi connectivity index (χ1v) is 16.3. The van der Waals surface area contributed by atoms with Gasteiger partial charge in [-0.25, -0.2) is 0 Å². The van der Waals surface area contributed by atoms with Gasteiger partial charge in [0.1, 0.15) is 12.1 Å². The number of rotatable bonds is 2. The second-order valence-corrected chi connectivity index (χ2v) is 13.0. The van der Waals surface area contributed by atoms with Crippen molar-refractivity contribution < 1.29 is 0 Å². The molecule has 4 nitrogen and oxygen atoms in total. The number of thiophene rings is 1. The Kier molecular flexibility index (Phi) is 5.26. The Labute approximate surface area is 272 Å². The standard InChI is InChI=1S/C42H22N4S/c43-23-26-22-37(46-33-15-7-4-12-30(33)41-35(46)19-20-39-42(41)31-13-5-8-16-38(31)47-39)27(24-44)21-36(26)45-32-14-6-3-11-29(32)40-28-10-2-1-9-25(28)17-18-34(40)45/h1-22H. The predicted molar refractivity (Wildman–Crippen MR) is 195 cm³/mol. The average molecular weight is 615 g/mol. The van der Waals surface area contributed by atoms with Crippen molar-refractivity contribution in [2.45, 2.75) is 0 Å². The van der Waals surface area contributed by atoms with Crippen LogP contribution in [-0.2, 0) is 0 Å². The highest BCUT2D eigenvalue weighted by atomic mass is 32.1. The summed E-state index contributed by atoms with van der Waals surface area (Å²) in [5, 5.41) is 30.8. The summed E-state index contributed by atoms with van der Waals surface area (Å²) in [7, 11) is 0. The molecule has 47 heavy (non-hydrogen) atoms. The van der Waals surface area contributed by atoms with E-state index in [1.807, 2.05) is 24.3 Å². The summed E-state index contributed by atoms with van der Waals surface area (Å²) >= 11 is 1.80. The monoisotopic (exact) mass is 614 g/mol. The van der Waals surface area contributed by atoms with Crippen LogP contribution in [0.25, 0.3) is 85.9 Å². The van der Waals surface area contributed by atoms with Gasteiger partial charge in [0.25, 0.3) is 0 Å². The van der Waals surface area contributed by atoms with Crippen molar-refractivity contribution in [1.82, 2.24) is 9.13 Å². The molecule has 3 aromatic heterocycles. The van der Waals surface area contributed by atoms with E-state index in [0.29, 0.717) is 22.5 Å². The minimum atomic E-state index is 0.503. The summed E-state index contributed by atoms with van der Waals surface area (Å²) in [6.07, 6.45) is 0. The minimum Gasteiger partial charge on any atom is -0.308 e. The molecule has 7 aromatic carbocycles. The zero-order chi connectivity index (χ0) is 31.2. The highest BCUT2D eigenvalue weighted by Gasteiger charge is 2.23. The van der Waals surface area contributed by atoms with Crippen LogP contribution in [0.5, 0.6) is 0 Å². The number of nitrogens with zero attached hydrogens (tertiary/aromatic N) is 4. The van der Waals surface area contributed by atoms with Crippen LogP contribution >= 0.6 is 11.3 Å². The summed E-state index contributed by atoms with van der Waals surface area (Å²) < 4.78 is 6.79. The summed E-state index contributed by atoms with van der Waals surface area (Å²) in [4.78, 5) is 0. The normalized spacial score (nSPS) is 11.8. The van der Waals surface area contributed by atoms with E-state index in [1.54, 1.807) is 11.3 Å². The van der Waals surface area contributed by atoms with Crippen LogP contribution < -0.4 is 0 Å². The molecule has 0 N–H and O–H groups in total. The van der Waals surface area contributed by atoms with Crippen molar-refractivity contribution in [2.75, 3.05) is 0 Å². The third-order valence-corrected chi connectivity index (χ3v) is 10.7. The third-order valence-electron chi connectivity index (χ3n) is 9.58. The Morgan fingerprint density at radius 1 is 0.426 bits per heavy atom. The molecule has 0 fully saturated rings. The van der Waals surface area contributed by atoms with Gasteiger partial charge in [-0.15, -0.1) is 11.3 Å². The number of para-hydroxylation sites is 2. The number of hydrogen-bond donors (Lipinski definition) is 0. The molecule has 10 aromatic rings. The van der Waals surface area contributed by atoms with Gasteiger partial charge in [-0.05, 0) is 59.3 Å². The van der Waals surface area contributed by atoms with Gasteiger partial charge < -0.3 is 9.13 Å². The van der Waals surface area contributed by atoms with Gasteiger partial charge >= 0.3 is 0 Å². The Bertz CT molecular complexity index is 3050. The summed E-state index contributed by atoms with van der Waals surface area (Å²) in [6, 6.07) is 51.1. The molecule has 0 aliphatic heterocycles. The molecule has 10 rings (SSSR count). The van der Waals surface area contributed by atoms with Crippen LogP contribution in [0.2, 0.25) is 0 Å². The quantitative estimate of drug-likeness (QED) is 0.194. The fourth-order valence-electron chi connectivity index (χ4n) is 7.66. The molecule has 0 saturated carbocycles. The van der Waals surface area contributed by atoms with Crippen LogP contribution in [-0.4, -0.2) is 9.13 Å². The maximum Gasteiger partial charge on any atom is 0.101 e. The van der Waals surface area contributed by atoms with Gasteiger partial charge in [0.15, 0.2) is 0 Å². The lowest BCUT2D eigenvalue weighted by Crippen LogP contribution is -2.04. The molecule has 0 atom stereocenters. The van der Waals surface area contributed by atoms with Gasteiger partial charge in [0.05, 0.1) is 44.6 Å². The van der Waals surface area contributed by atoms with Crippen molar-refractivity contribution in [3.05, 3.63) is 145 Å². The maximum atomic E-state index is 10.7. The topological polar surface area (TPSA) is 57.4 Å². The molecule has 3 heterocycles. The number of hydrogen-bond acceptors (Lipinski definition) is 3. The zero-order valence-electron chi connectivity index (χ0n) is 24.9. The second-order valence-electron chi connectivity index (χ2n) is 11.9. The van der Waals surface area contributed by atoms with Gasteiger partial charge in [-0.3, -0.25) is 0 Å². The predicted octanol–water partition coefficient (Wildman–Crippen LogP) is 11.1. The lowest BCUT2D eigenvalue weighted by Gasteiger charge is -2.15. The lowest BCUT2D eigenvalue weighted by atomic mass is 10.0. The van der Waals surface area contributed by atoms with Gasteiger partial charge in [-0.1, -0.05) is 84.9 Å². The largest absolute Gasteiger partial charge is 0.308 e. The lowest BCUT2D eigenvalue weighted by molar-refractivity contribution is 1.12. The van der Waals surface area contributed by atoms with Crippen molar-refractivity contribution in [1.29, 1.82) is 10.5 Å². The fourth-order valence-corrected chi connectivity index (χ4v) is 8.77. The first kappa shape index (κ1) is 25.9. The number of fused-ring (bicyclic) bond motifs is 12. The second kappa shape index (κ2) is 9.55. The molecule has 0 aliphatic carbocycles. The van der Waals surface area contributed by atoms with Gasteiger partial charge in [0.2, 0.25) is 0 Å². The molecular weight excluding hydrogens is 593 g/mol. The van der Waals surface area contributed by atoms with Crippen LogP contribution in [0.4, 0.5) is 0 Å². The van der Waals surface area contributed by atoms with Gasteiger partial charge in [-0.2, -0.15) is 10.5 Å². The highest BCUT2D eigenvalue weighted by molar-refractivity contribution is 7.26. The van der Waals surface area contributed by atoms with Crippen LogP contribution in [0, 0.1) is 22.7 Å². The van der Waals surface area contributed by atoms with Crippen LogP contribution in [0.3, 0.4) is 0 Å². The molecule has 0 bridgehead atoms. The average Bonchev–Trinajstić information content (AvgIpc) is 3.78. The SMILES string of the molecule is N#Cc1cc(-n2c3ccccc3c3c4c(ccc32)sc2ccccc24)c(C#N)cc1-n1c2ccccc2c2c3ccccc3ccc21. The van der Waals surface area contributed by atoms with E-state index in [9.17, 15) is 10.5 Å². The highest BCUT2D eigenvalue weighted by Crippen LogP contribution is 2.44. The molecule has 0 radical (unpaired) electrons. The Morgan fingerprint density at radius 3 is 1.64 bits per heavy atom. The van der Waals surface area contributed by atoms with E-state index in [4.69, 9.17) is 0 Å². The van der Waals surface area contributed by atoms with Crippen molar-refractivity contribution in [3.8, 4) is 23.5 Å². The molecule has 216 valence electrons. The Hall–Kier alpha value is -6.40. The molecule has 0 saturated heterocycles. The summed E-state index contributed by atoms with van der Waals surface area (Å²) in [5.41, 5.74) is 6.41.